The van der Waals surface area contributed by atoms with Gasteiger partial charge in [0.15, 0.2) is 5.75 Å². The Morgan fingerprint density at radius 2 is 1.33 bits per heavy atom. The number of azo groups is 1. The number of anilines is 1. The second-order valence-electron chi connectivity index (χ2n) is 7.58. The van der Waals surface area contributed by atoms with Crippen LogP contribution < -0.4 is 5.32 Å². The van der Waals surface area contributed by atoms with Gasteiger partial charge in [-0.2, -0.15) is 13.5 Å². The van der Waals surface area contributed by atoms with Crippen LogP contribution in [0.2, 0.25) is 0 Å². The number of rotatable bonds is 5. The van der Waals surface area contributed by atoms with Crippen molar-refractivity contribution in [1.82, 2.24) is 0 Å². The fraction of sp³-hybridized carbons (Fsp3) is 0.115. The third-order valence-corrected chi connectivity index (χ3v) is 5.58. The number of hydrogen-bond donors (Lipinski definition) is 6. The summed E-state index contributed by atoms with van der Waals surface area (Å²) in [6.45, 7) is 4.00. The standard InChI is InChI=1S/C23H19N3O5S.C2H6.CH4O3S/c27-22-20-16(10-7-13-18(20)24-23(28)15-8-3-1-4-9-15)14-19(32(29,30)31)21(22)26-25-17-11-5-2-6-12-17;1-2;1-5(2,3)4/h1-14,27,29-31H,(H,24,28);1-2H3;1H3,(H,2,3,4). The Bertz CT molecular complexity index is 1530. The lowest BCUT2D eigenvalue weighted by atomic mass is 10.1. The van der Waals surface area contributed by atoms with Crippen molar-refractivity contribution in [3.63, 3.8) is 0 Å². The molecule has 0 heterocycles. The quantitative estimate of drug-likeness (QED) is 0.105. The van der Waals surface area contributed by atoms with Gasteiger partial charge in [-0.25, -0.2) is 0 Å². The lowest BCUT2D eigenvalue weighted by molar-refractivity contribution is 0.102. The molecule has 0 spiro atoms. The highest BCUT2D eigenvalue weighted by atomic mass is 32.3. The number of benzene rings is 4. The Labute approximate surface area is 227 Å². The van der Waals surface area contributed by atoms with E-state index in [-0.39, 0.29) is 27.6 Å². The van der Waals surface area contributed by atoms with Crippen LogP contribution >= 0.6 is 10.9 Å². The first-order valence-corrected chi connectivity index (χ1v) is 14.7. The van der Waals surface area contributed by atoms with E-state index in [1.54, 1.807) is 78.9 Å². The maximum Gasteiger partial charge on any atom is 0.261 e. The van der Waals surface area contributed by atoms with Crippen molar-refractivity contribution in [2.45, 2.75) is 18.7 Å². The molecule has 0 radical (unpaired) electrons. The summed E-state index contributed by atoms with van der Waals surface area (Å²) in [4.78, 5) is 12.3. The van der Waals surface area contributed by atoms with E-state index in [1.165, 1.54) is 6.07 Å². The Morgan fingerprint density at radius 1 is 0.795 bits per heavy atom. The number of phenols is 1. The van der Waals surface area contributed by atoms with Crippen molar-refractivity contribution in [2.75, 3.05) is 11.6 Å². The van der Waals surface area contributed by atoms with Gasteiger partial charge in [-0.15, -0.1) is 5.11 Å². The number of fused-ring (bicyclic) bond motifs is 1. The van der Waals surface area contributed by atoms with Crippen LogP contribution in [0.5, 0.6) is 5.75 Å². The highest BCUT2D eigenvalue weighted by molar-refractivity contribution is 8.19. The van der Waals surface area contributed by atoms with E-state index in [0.29, 0.717) is 22.9 Å². The molecular weight excluding hydrogens is 546 g/mol. The summed E-state index contributed by atoms with van der Waals surface area (Å²) < 4.78 is 55.6. The molecule has 0 atom stereocenters. The molecule has 0 unspecified atom stereocenters. The maximum absolute atomic E-state index is 12.6. The van der Waals surface area contributed by atoms with Crippen LogP contribution in [-0.2, 0) is 10.1 Å². The van der Waals surface area contributed by atoms with Crippen molar-refractivity contribution >= 4 is 54.7 Å². The Kier molecular flexibility index (Phi) is 11.1. The van der Waals surface area contributed by atoms with Gasteiger partial charge in [0.05, 0.1) is 22.5 Å². The molecule has 0 saturated heterocycles. The van der Waals surface area contributed by atoms with Gasteiger partial charge in [-0.05, 0) is 41.8 Å². The molecule has 6 N–H and O–H groups in total. The molecule has 39 heavy (non-hydrogen) atoms. The number of carbonyl (C=O) groups is 1. The van der Waals surface area contributed by atoms with Crippen molar-refractivity contribution in [1.29, 1.82) is 0 Å². The molecule has 0 saturated carbocycles. The Hall–Kier alpha value is -3.85. The zero-order chi connectivity index (χ0) is 29.2. The van der Waals surface area contributed by atoms with E-state index in [9.17, 15) is 32.0 Å². The number of phenolic OH excluding ortho intramolecular Hbond substituents is 1. The first-order valence-electron chi connectivity index (χ1n) is 11.4. The minimum Gasteiger partial charge on any atom is -0.505 e. The van der Waals surface area contributed by atoms with Crippen LogP contribution in [0.15, 0.2) is 100 Å². The number of nitrogens with one attached hydrogen (secondary N) is 1. The predicted molar refractivity (Wildman–Crippen MR) is 153 cm³/mol. The van der Waals surface area contributed by atoms with E-state index in [0.717, 1.165) is 0 Å². The molecule has 4 rings (SSSR count). The van der Waals surface area contributed by atoms with Crippen molar-refractivity contribution in [2.24, 2.45) is 10.2 Å². The molecule has 0 aromatic heterocycles. The summed E-state index contributed by atoms with van der Waals surface area (Å²) in [5.41, 5.74) is 0.850. The smallest absolute Gasteiger partial charge is 0.261 e. The van der Waals surface area contributed by atoms with E-state index in [1.807, 2.05) is 13.8 Å². The Morgan fingerprint density at radius 3 is 1.87 bits per heavy atom. The molecule has 13 heteroatoms. The molecule has 0 aliphatic carbocycles. The Balaban J connectivity index is 0.000000686. The fourth-order valence-corrected chi connectivity index (χ4v) is 3.88. The monoisotopic (exact) mass is 575 g/mol. The predicted octanol–water partition coefficient (Wildman–Crippen LogP) is 7.33. The molecule has 208 valence electrons. The molecule has 4 aromatic rings. The molecule has 0 aliphatic rings. The van der Waals surface area contributed by atoms with Crippen molar-refractivity contribution in [3.8, 4) is 5.75 Å². The van der Waals surface area contributed by atoms with Crippen LogP contribution in [-0.4, -0.2) is 43.9 Å². The summed E-state index contributed by atoms with van der Waals surface area (Å²) in [5.74, 6) is -0.851. The van der Waals surface area contributed by atoms with Gasteiger partial charge in [0.25, 0.3) is 16.0 Å². The van der Waals surface area contributed by atoms with E-state index >= 15 is 0 Å². The maximum atomic E-state index is 12.6. The van der Waals surface area contributed by atoms with E-state index in [4.69, 9.17) is 4.55 Å². The largest absolute Gasteiger partial charge is 0.505 e. The number of carbonyl (C=O) groups excluding carboxylic acids is 1. The lowest BCUT2D eigenvalue weighted by Crippen LogP contribution is -2.12. The van der Waals surface area contributed by atoms with Crippen LogP contribution in [0.3, 0.4) is 0 Å². The van der Waals surface area contributed by atoms with Crippen LogP contribution in [0.4, 0.5) is 17.1 Å². The van der Waals surface area contributed by atoms with Gasteiger partial charge >= 0.3 is 0 Å². The van der Waals surface area contributed by atoms with Crippen LogP contribution in [0.25, 0.3) is 10.8 Å². The third kappa shape index (κ3) is 9.44. The van der Waals surface area contributed by atoms with Gasteiger partial charge in [0, 0.05) is 10.9 Å². The topological polar surface area (TPSA) is 189 Å². The van der Waals surface area contributed by atoms with Gasteiger partial charge < -0.3 is 24.1 Å². The summed E-state index contributed by atoms with van der Waals surface area (Å²) in [6, 6.07) is 23.3. The average molecular weight is 576 g/mol. The SMILES string of the molecule is CC.CS(=O)(=O)O.O=C(Nc1cccc2cc(S(O)(O)O)c(N=Nc3ccccc3)c(O)c12)c1ccccc1. The molecule has 0 aliphatic heterocycles. The minimum absolute atomic E-state index is 0.214. The third-order valence-electron chi connectivity index (χ3n) is 4.68. The first kappa shape index (κ1) is 31.4. The normalized spacial score (nSPS) is 11.7. The summed E-state index contributed by atoms with van der Waals surface area (Å²) >= 11 is 0. The average Bonchev–Trinajstić information content (AvgIpc) is 2.89. The number of amides is 1. The second kappa shape index (κ2) is 13.8. The highest BCUT2D eigenvalue weighted by Gasteiger charge is 2.26. The summed E-state index contributed by atoms with van der Waals surface area (Å²) in [6.07, 6.45) is 0.715. The summed E-state index contributed by atoms with van der Waals surface area (Å²) in [5, 5.41) is 22.3. The van der Waals surface area contributed by atoms with Gasteiger partial charge in [-0.3, -0.25) is 9.35 Å². The zero-order valence-corrected chi connectivity index (χ0v) is 22.9. The molecular formula is C26H29N3O8S2. The lowest BCUT2D eigenvalue weighted by Gasteiger charge is -2.22. The number of hydrogen-bond acceptors (Lipinski definition) is 9. The van der Waals surface area contributed by atoms with Gasteiger partial charge in [0.2, 0.25) is 0 Å². The highest BCUT2D eigenvalue weighted by Crippen LogP contribution is 2.55. The van der Waals surface area contributed by atoms with Crippen molar-refractivity contribution < 1.29 is 36.5 Å². The van der Waals surface area contributed by atoms with Crippen molar-refractivity contribution in [3.05, 3.63) is 90.5 Å². The van der Waals surface area contributed by atoms with Gasteiger partial charge in [-0.1, -0.05) is 62.4 Å². The number of nitrogens with zero attached hydrogens (tertiary/aromatic N) is 2. The van der Waals surface area contributed by atoms with Crippen LogP contribution in [0, 0.1) is 0 Å². The second-order valence-corrected chi connectivity index (χ2v) is 10.5. The van der Waals surface area contributed by atoms with Crippen LogP contribution in [0.1, 0.15) is 24.2 Å². The fourth-order valence-electron chi connectivity index (χ4n) is 3.20. The minimum atomic E-state index is -4.23. The molecule has 1 amide bonds. The van der Waals surface area contributed by atoms with Gasteiger partial charge in [0.1, 0.15) is 16.6 Å². The zero-order valence-electron chi connectivity index (χ0n) is 21.3. The molecule has 0 bridgehead atoms. The molecule has 0 fully saturated rings. The number of aromatic hydroxyl groups is 1. The summed E-state index contributed by atoms with van der Waals surface area (Å²) in [7, 11) is -7.90. The molecule has 11 nitrogen and oxygen atoms in total. The first-order chi connectivity index (χ1) is 18.3. The molecule has 4 aromatic carbocycles. The van der Waals surface area contributed by atoms with E-state index in [2.05, 4.69) is 15.5 Å². The van der Waals surface area contributed by atoms with E-state index < -0.39 is 26.7 Å².